The van der Waals surface area contributed by atoms with E-state index in [9.17, 15) is 4.79 Å². The molecule has 0 fully saturated rings. The van der Waals surface area contributed by atoms with Crippen LogP contribution in [0, 0.1) is 0 Å². The van der Waals surface area contributed by atoms with Gasteiger partial charge in [-0.05, 0) is 37.9 Å². The monoisotopic (exact) mass is 287 g/mol. The summed E-state index contributed by atoms with van der Waals surface area (Å²) >= 11 is 0. The molecular formula is C15H21N5O. The van der Waals surface area contributed by atoms with Crippen molar-refractivity contribution in [1.82, 2.24) is 20.1 Å². The van der Waals surface area contributed by atoms with E-state index in [4.69, 9.17) is 5.73 Å². The van der Waals surface area contributed by atoms with Gasteiger partial charge in [-0.15, -0.1) is 0 Å². The normalized spacial score (nSPS) is 10.6. The number of unbranched alkanes of at least 4 members (excludes halogenated alkanes) is 1. The van der Waals surface area contributed by atoms with Gasteiger partial charge in [0.15, 0.2) is 5.82 Å². The Hall–Kier alpha value is -2.21. The van der Waals surface area contributed by atoms with Crippen LogP contribution in [0.3, 0.4) is 0 Å². The fourth-order valence-electron chi connectivity index (χ4n) is 2.15. The first-order valence-electron chi connectivity index (χ1n) is 7.24. The number of nitrogens with zero attached hydrogens (tertiary/aromatic N) is 3. The highest BCUT2D eigenvalue weighted by atomic mass is 16.1. The first-order chi connectivity index (χ1) is 10.3. The minimum Gasteiger partial charge on any atom is -0.352 e. The highest BCUT2D eigenvalue weighted by molar-refractivity contribution is 5.95. The average molecular weight is 287 g/mol. The number of nitrogens with two attached hydrogens (primary N) is 1. The van der Waals surface area contributed by atoms with Gasteiger partial charge in [0.05, 0.1) is 17.5 Å². The highest BCUT2D eigenvalue weighted by Crippen LogP contribution is 2.14. The second-order valence-electron chi connectivity index (χ2n) is 4.71. The van der Waals surface area contributed by atoms with Crippen molar-refractivity contribution in [1.29, 1.82) is 0 Å². The molecule has 6 heteroatoms. The molecular weight excluding hydrogens is 266 g/mol. The molecule has 1 amide bonds. The summed E-state index contributed by atoms with van der Waals surface area (Å²) in [6, 6.07) is 5.62. The van der Waals surface area contributed by atoms with Gasteiger partial charge in [0.2, 0.25) is 0 Å². The maximum atomic E-state index is 12.2. The Labute approximate surface area is 124 Å². The van der Waals surface area contributed by atoms with E-state index in [1.54, 1.807) is 17.1 Å². The van der Waals surface area contributed by atoms with Crippen LogP contribution < -0.4 is 11.1 Å². The van der Waals surface area contributed by atoms with Crippen LogP contribution in [-0.4, -0.2) is 33.8 Å². The molecule has 0 aliphatic rings. The van der Waals surface area contributed by atoms with E-state index >= 15 is 0 Å². The summed E-state index contributed by atoms with van der Waals surface area (Å²) in [5.74, 6) is 0.627. The number of carbonyl (C=O) groups excluding carboxylic acids is 1. The molecule has 0 saturated heterocycles. The second-order valence-corrected chi connectivity index (χ2v) is 4.71. The fraction of sp³-hybridized carbons (Fsp3) is 0.400. The van der Waals surface area contributed by atoms with Gasteiger partial charge in [-0.25, -0.2) is 9.67 Å². The van der Waals surface area contributed by atoms with Crippen LogP contribution >= 0.6 is 0 Å². The minimum atomic E-state index is -0.0916. The smallest absolute Gasteiger partial charge is 0.254 e. The molecule has 2 aromatic rings. The minimum absolute atomic E-state index is 0.0916. The van der Waals surface area contributed by atoms with Crippen LogP contribution in [-0.2, 0) is 6.42 Å². The first-order valence-corrected chi connectivity index (χ1v) is 7.24. The Balaban J connectivity index is 2.14. The third kappa shape index (κ3) is 3.66. The van der Waals surface area contributed by atoms with Crippen LogP contribution in [0.25, 0.3) is 5.82 Å². The van der Waals surface area contributed by atoms with E-state index in [0.29, 0.717) is 25.1 Å². The second kappa shape index (κ2) is 7.54. The van der Waals surface area contributed by atoms with E-state index in [-0.39, 0.29) is 5.91 Å². The first kappa shape index (κ1) is 15.2. The predicted molar refractivity (Wildman–Crippen MR) is 81.4 cm³/mol. The summed E-state index contributed by atoms with van der Waals surface area (Å²) in [5.41, 5.74) is 6.91. The molecule has 0 aliphatic heterocycles. The molecule has 0 saturated carbocycles. The molecule has 0 aliphatic carbocycles. The molecule has 21 heavy (non-hydrogen) atoms. The van der Waals surface area contributed by atoms with E-state index < -0.39 is 0 Å². The third-order valence-corrected chi connectivity index (χ3v) is 3.23. The summed E-state index contributed by atoms with van der Waals surface area (Å²) in [6.07, 6.45) is 5.82. The van der Waals surface area contributed by atoms with Crippen molar-refractivity contribution >= 4 is 5.91 Å². The van der Waals surface area contributed by atoms with Crippen LogP contribution in [0.1, 0.15) is 35.8 Å². The van der Waals surface area contributed by atoms with Crippen LogP contribution in [0.5, 0.6) is 0 Å². The van der Waals surface area contributed by atoms with Crippen molar-refractivity contribution in [2.24, 2.45) is 5.73 Å². The third-order valence-electron chi connectivity index (χ3n) is 3.23. The number of hydrogen-bond acceptors (Lipinski definition) is 4. The zero-order chi connectivity index (χ0) is 15.1. The van der Waals surface area contributed by atoms with Gasteiger partial charge >= 0.3 is 0 Å². The lowest BCUT2D eigenvalue weighted by Gasteiger charge is -2.07. The van der Waals surface area contributed by atoms with Crippen molar-refractivity contribution in [3.05, 3.63) is 41.9 Å². The lowest BCUT2D eigenvalue weighted by atomic mass is 10.2. The Morgan fingerprint density at radius 3 is 2.90 bits per heavy atom. The lowest BCUT2D eigenvalue weighted by molar-refractivity contribution is 0.0952. The highest BCUT2D eigenvalue weighted by Gasteiger charge is 2.17. The van der Waals surface area contributed by atoms with E-state index in [2.05, 4.69) is 15.4 Å². The average Bonchev–Trinajstić information content (AvgIpc) is 2.96. The summed E-state index contributed by atoms with van der Waals surface area (Å²) < 4.78 is 1.72. The summed E-state index contributed by atoms with van der Waals surface area (Å²) in [5, 5.41) is 7.20. The Kier molecular flexibility index (Phi) is 5.45. The van der Waals surface area contributed by atoms with Crippen molar-refractivity contribution in [2.45, 2.75) is 26.2 Å². The number of carbonyl (C=O) groups is 1. The molecule has 0 spiro atoms. The number of pyridine rings is 1. The molecule has 0 aromatic carbocycles. The van der Waals surface area contributed by atoms with Crippen molar-refractivity contribution in [3.8, 4) is 5.82 Å². The number of aromatic nitrogens is 3. The number of nitrogens with one attached hydrogen (secondary N) is 1. The molecule has 2 heterocycles. The summed E-state index contributed by atoms with van der Waals surface area (Å²) in [6.45, 7) is 3.28. The lowest BCUT2D eigenvalue weighted by Crippen LogP contribution is -2.25. The topological polar surface area (TPSA) is 85.8 Å². The zero-order valence-electron chi connectivity index (χ0n) is 12.2. The Morgan fingerprint density at radius 1 is 1.38 bits per heavy atom. The van der Waals surface area contributed by atoms with Crippen molar-refractivity contribution in [2.75, 3.05) is 13.1 Å². The van der Waals surface area contributed by atoms with E-state index in [1.165, 1.54) is 0 Å². The molecule has 6 nitrogen and oxygen atoms in total. The standard InChI is InChI=1S/C15H21N5O/c1-2-13-12(15(21)18-10-6-4-8-16)11-19-20(13)14-7-3-5-9-17-14/h3,5,7,9,11H,2,4,6,8,10,16H2,1H3,(H,18,21). The van der Waals surface area contributed by atoms with Gasteiger partial charge < -0.3 is 11.1 Å². The SMILES string of the molecule is CCc1c(C(=O)NCCCCN)cnn1-c1ccccn1. The van der Waals surface area contributed by atoms with Crippen LogP contribution in [0.4, 0.5) is 0 Å². The van der Waals surface area contributed by atoms with Gasteiger partial charge in [0.25, 0.3) is 5.91 Å². The van der Waals surface area contributed by atoms with Crippen molar-refractivity contribution in [3.63, 3.8) is 0 Å². The molecule has 0 radical (unpaired) electrons. The Bertz CT molecular complexity index is 579. The molecule has 3 N–H and O–H groups in total. The molecule has 2 aromatic heterocycles. The van der Waals surface area contributed by atoms with E-state index in [1.807, 2.05) is 25.1 Å². The van der Waals surface area contributed by atoms with Gasteiger partial charge in [0, 0.05) is 12.7 Å². The predicted octanol–water partition coefficient (Wildman–Crippen LogP) is 1.30. The van der Waals surface area contributed by atoms with Crippen LogP contribution in [0.15, 0.2) is 30.6 Å². The van der Waals surface area contributed by atoms with Crippen molar-refractivity contribution < 1.29 is 4.79 Å². The molecule has 0 unspecified atom stereocenters. The maximum Gasteiger partial charge on any atom is 0.254 e. The number of rotatable bonds is 7. The van der Waals surface area contributed by atoms with Crippen LogP contribution in [0.2, 0.25) is 0 Å². The van der Waals surface area contributed by atoms with Gasteiger partial charge in [-0.3, -0.25) is 4.79 Å². The molecule has 0 atom stereocenters. The molecule has 0 bridgehead atoms. The molecule has 2 rings (SSSR count). The quantitative estimate of drug-likeness (QED) is 0.752. The number of amides is 1. The zero-order valence-corrected chi connectivity index (χ0v) is 12.2. The maximum absolute atomic E-state index is 12.2. The van der Waals surface area contributed by atoms with Gasteiger partial charge in [-0.2, -0.15) is 5.10 Å². The number of hydrogen-bond donors (Lipinski definition) is 2. The molecule has 112 valence electrons. The fourth-order valence-corrected chi connectivity index (χ4v) is 2.15. The largest absolute Gasteiger partial charge is 0.352 e. The Morgan fingerprint density at radius 2 is 2.24 bits per heavy atom. The summed E-state index contributed by atoms with van der Waals surface area (Å²) in [7, 11) is 0. The van der Waals surface area contributed by atoms with Gasteiger partial charge in [0.1, 0.15) is 0 Å². The van der Waals surface area contributed by atoms with Gasteiger partial charge in [-0.1, -0.05) is 13.0 Å². The summed E-state index contributed by atoms with van der Waals surface area (Å²) in [4.78, 5) is 16.5. The van der Waals surface area contributed by atoms with E-state index in [0.717, 1.165) is 24.4 Å².